The highest BCUT2D eigenvalue weighted by atomic mass is 35.5. The van der Waals surface area contributed by atoms with Crippen molar-refractivity contribution >= 4 is 23.3 Å². The number of halogens is 1. The van der Waals surface area contributed by atoms with Crippen LogP contribution in [-0.2, 0) is 10.9 Å². The van der Waals surface area contributed by atoms with Gasteiger partial charge in [0.1, 0.15) is 0 Å². The Morgan fingerprint density at radius 1 is 1.31 bits per heavy atom. The van der Waals surface area contributed by atoms with Crippen molar-refractivity contribution in [2.45, 2.75) is 19.3 Å². The highest BCUT2D eigenvalue weighted by molar-refractivity contribution is 7.70. The highest BCUT2D eigenvalue weighted by Gasteiger charge is 2.11. The first-order valence-corrected chi connectivity index (χ1v) is 5.55. The van der Waals surface area contributed by atoms with Gasteiger partial charge in [-0.25, -0.2) is 13.1 Å². The molecule has 1 fully saturated rings. The van der Waals surface area contributed by atoms with Crippen LogP contribution in [0.5, 0.6) is 0 Å². The Labute approximate surface area is 87.0 Å². The van der Waals surface area contributed by atoms with Gasteiger partial charge in [-0.2, -0.15) is 0 Å². The van der Waals surface area contributed by atoms with E-state index in [2.05, 4.69) is 10.0 Å². The second-order valence-electron chi connectivity index (χ2n) is 3.15. The third-order valence-corrected chi connectivity index (χ3v) is 2.73. The van der Waals surface area contributed by atoms with Crippen LogP contribution in [0.4, 0.5) is 0 Å². The van der Waals surface area contributed by atoms with E-state index in [0.29, 0.717) is 12.5 Å². The van der Waals surface area contributed by atoms with Gasteiger partial charge in [0.15, 0.2) is 0 Å². The molecule has 0 bridgehead atoms. The van der Waals surface area contributed by atoms with Crippen LogP contribution < -0.4 is 10.0 Å². The van der Waals surface area contributed by atoms with E-state index in [0.717, 1.165) is 19.5 Å². The molecule has 0 aliphatic carbocycles. The molecular formula is C7H17ClN2O2S. The number of thiol groups is 1. The van der Waals surface area contributed by atoms with Gasteiger partial charge in [-0.15, -0.1) is 12.4 Å². The Balaban J connectivity index is 0.00000144. The number of hydrogen-bond donors (Lipinski definition) is 3. The van der Waals surface area contributed by atoms with Crippen molar-refractivity contribution < 1.29 is 8.42 Å². The van der Waals surface area contributed by atoms with E-state index in [-0.39, 0.29) is 12.4 Å². The maximum Gasteiger partial charge on any atom is 0.201 e. The summed E-state index contributed by atoms with van der Waals surface area (Å²) in [5.41, 5.74) is 0. The van der Waals surface area contributed by atoms with Crippen molar-refractivity contribution in [3.05, 3.63) is 0 Å². The van der Waals surface area contributed by atoms with Gasteiger partial charge in [0.25, 0.3) is 0 Å². The number of rotatable bonds is 4. The summed E-state index contributed by atoms with van der Waals surface area (Å²) in [6.45, 7) is 2.76. The summed E-state index contributed by atoms with van der Waals surface area (Å²) < 4.78 is 22.7. The van der Waals surface area contributed by atoms with Crippen molar-refractivity contribution in [3.8, 4) is 0 Å². The molecule has 0 saturated carbocycles. The summed E-state index contributed by atoms with van der Waals surface area (Å²) in [6.07, 6.45) is 3.33. The zero-order valence-electron chi connectivity index (χ0n) is 7.49. The predicted octanol–water partition coefficient (Wildman–Crippen LogP) is -0.0861. The van der Waals surface area contributed by atoms with Crippen molar-refractivity contribution in [2.24, 2.45) is 5.92 Å². The van der Waals surface area contributed by atoms with Crippen molar-refractivity contribution in [3.63, 3.8) is 0 Å². The van der Waals surface area contributed by atoms with Crippen LogP contribution in [-0.4, -0.2) is 28.1 Å². The van der Waals surface area contributed by atoms with E-state index < -0.39 is 10.9 Å². The Hall–Kier alpha value is 0.160. The average Bonchev–Trinajstić information content (AvgIpc) is 2.05. The maximum atomic E-state index is 10.2. The minimum Gasteiger partial charge on any atom is -0.317 e. The van der Waals surface area contributed by atoms with E-state index in [1.165, 1.54) is 12.8 Å². The SMILES string of the molecule is Cl.O=[SH](=O)NCCC1CCNCC1. The third kappa shape index (κ3) is 6.26. The van der Waals surface area contributed by atoms with Crippen molar-refractivity contribution in [1.82, 2.24) is 10.0 Å². The van der Waals surface area contributed by atoms with Crippen LogP contribution >= 0.6 is 12.4 Å². The lowest BCUT2D eigenvalue weighted by atomic mass is 9.95. The van der Waals surface area contributed by atoms with Gasteiger partial charge >= 0.3 is 0 Å². The molecule has 80 valence electrons. The second-order valence-corrected chi connectivity index (χ2v) is 3.98. The average molecular weight is 229 g/mol. The zero-order valence-corrected chi connectivity index (χ0v) is 9.20. The number of hydrogen-bond acceptors (Lipinski definition) is 3. The fourth-order valence-corrected chi connectivity index (χ4v) is 1.84. The number of nitrogens with one attached hydrogen (secondary N) is 2. The normalized spacial score (nSPS) is 18.5. The topological polar surface area (TPSA) is 58.2 Å². The molecule has 13 heavy (non-hydrogen) atoms. The summed E-state index contributed by atoms with van der Waals surface area (Å²) in [5, 5.41) is 3.27. The van der Waals surface area contributed by atoms with Crippen molar-refractivity contribution in [1.29, 1.82) is 0 Å². The summed E-state index contributed by atoms with van der Waals surface area (Å²) in [4.78, 5) is 0. The van der Waals surface area contributed by atoms with Gasteiger partial charge in [0.05, 0.1) is 0 Å². The fourth-order valence-electron chi connectivity index (χ4n) is 1.53. The van der Waals surface area contributed by atoms with Crippen LogP contribution in [0.25, 0.3) is 0 Å². The Kier molecular flexibility index (Phi) is 7.65. The summed E-state index contributed by atoms with van der Waals surface area (Å²) >= 11 is 0. The van der Waals surface area contributed by atoms with Gasteiger partial charge in [0, 0.05) is 6.54 Å². The van der Waals surface area contributed by atoms with Crippen LogP contribution in [0.2, 0.25) is 0 Å². The minimum atomic E-state index is -2.39. The van der Waals surface area contributed by atoms with Gasteiger partial charge in [-0.05, 0) is 38.3 Å². The molecule has 6 heteroatoms. The molecular weight excluding hydrogens is 212 g/mol. The number of piperidine rings is 1. The molecule has 0 atom stereocenters. The van der Waals surface area contributed by atoms with Gasteiger partial charge in [0.2, 0.25) is 10.9 Å². The standard InChI is InChI=1S/C7H16N2O2S.ClH/c10-12(11)9-6-3-7-1-4-8-5-2-7;/h7-8,12H,1-6H2,(H,9,10,11);1H. The molecule has 4 nitrogen and oxygen atoms in total. The largest absolute Gasteiger partial charge is 0.317 e. The maximum absolute atomic E-state index is 10.2. The second kappa shape index (κ2) is 7.55. The minimum absolute atomic E-state index is 0. The molecule has 1 aliphatic rings. The lowest BCUT2D eigenvalue weighted by Gasteiger charge is -2.21. The van der Waals surface area contributed by atoms with E-state index >= 15 is 0 Å². The first-order valence-electron chi connectivity index (χ1n) is 4.37. The predicted molar refractivity (Wildman–Crippen MR) is 55.8 cm³/mol. The zero-order chi connectivity index (χ0) is 8.81. The first kappa shape index (κ1) is 13.2. The molecule has 0 amide bonds. The Morgan fingerprint density at radius 2 is 1.92 bits per heavy atom. The van der Waals surface area contributed by atoms with E-state index in [9.17, 15) is 8.42 Å². The Morgan fingerprint density at radius 3 is 2.46 bits per heavy atom. The van der Waals surface area contributed by atoms with Crippen molar-refractivity contribution in [2.75, 3.05) is 19.6 Å². The van der Waals surface area contributed by atoms with E-state index in [1.807, 2.05) is 0 Å². The molecule has 0 aromatic heterocycles. The van der Waals surface area contributed by atoms with E-state index in [4.69, 9.17) is 0 Å². The molecule has 0 aromatic rings. The Bertz CT molecular complexity index is 185. The van der Waals surface area contributed by atoms with Crippen LogP contribution in [0.3, 0.4) is 0 Å². The third-order valence-electron chi connectivity index (χ3n) is 2.25. The van der Waals surface area contributed by atoms with E-state index in [1.54, 1.807) is 0 Å². The lowest BCUT2D eigenvalue weighted by molar-refractivity contribution is 0.355. The molecule has 0 spiro atoms. The molecule has 0 radical (unpaired) electrons. The van der Waals surface area contributed by atoms with Crippen LogP contribution in [0.15, 0.2) is 0 Å². The van der Waals surface area contributed by atoms with Gasteiger partial charge < -0.3 is 5.32 Å². The van der Waals surface area contributed by atoms with Gasteiger partial charge in [-0.3, -0.25) is 0 Å². The smallest absolute Gasteiger partial charge is 0.201 e. The monoisotopic (exact) mass is 228 g/mol. The van der Waals surface area contributed by atoms with Gasteiger partial charge in [-0.1, -0.05) is 0 Å². The fraction of sp³-hybridized carbons (Fsp3) is 1.00. The molecule has 1 saturated heterocycles. The summed E-state index contributed by atoms with van der Waals surface area (Å²) in [5.74, 6) is 0.702. The molecule has 1 aliphatic heterocycles. The summed E-state index contributed by atoms with van der Waals surface area (Å²) in [6, 6.07) is 0. The molecule has 0 aromatic carbocycles. The highest BCUT2D eigenvalue weighted by Crippen LogP contribution is 2.14. The lowest BCUT2D eigenvalue weighted by Crippen LogP contribution is -2.29. The quantitative estimate of drug-likeness (QED) is 0.590. The molecule has 1 rings (SSSR count). The molecule has 0 unspecified atom stereocenters. The molecule has 2 N–H and O–H groups in total. The first-order chi connectivity index (χ1) is 5.79. The summed E-state index contributed by atoms with van der Waals surface area (Å²) in [7, 11) is -2.39. The van der Waals surface area contributed by atoms with Crippen LogP contribution in [0.1, 0.15) is 19.3 Å². The molecule has 1 heterocycles. The van der Waals surface area contributed by atoms with Crippen LogP contribution in [0, 0.1) is 5.92 Å².